The Morgan fingerprint density at radius 2 is 2.14 bits per heavy atom. The number of amides is 1. The molecule has 0 spiro atoms. The van der Waals surface area contributed by atoms with Gasteiger partial charge in [0, 0.05) is 17.1 Å². The first-order chi connectivity index (χ1) is 6.72. The summed E-state index contributed by atoms with van der Waals surface area (Å²) in [5.41, 5.74) is 6.34. The molecule has 0 aliphatic carbocycles. The van der Waals surface area contributed by atoms with Crippen LogP contribution in [0.25, 0.3) is 10.9 Å². The smallest absolute Gasteiger partial charge is 0.248 e. The highest BCUT2D eigenvalue weighted by molar-refractivity contribution is 5.97. The summed E-state index contributed by atoms with van der Waals surface area (Å²) in [4.78, 5) is 21.4. The molecule has 2 rings (SSSR count). The number of nitrogens with two attached hydrogens (primary N) is 1. The van der Waals surface area contributed by atoms with Crippen LogP contribution in [-0.4, -0.2) is 16.9 Å². The number of benzene rings is 1. The van der Waals surface area contributed by atoms with Gasteiger partial charge in [-0.25, -0.2) is 0 Å². The summed E-state index contributed by atoms with van der Waals surface area (Å²) in [6, 6.07) is 6.72. The number of rotatable bonds is 2. The molecule has 0 aliphatic heterocycles. The lowest BCUT2D eigenvalue weighted by atomic mass is 10.1. The van der Waals surface area contributed by atoms with Crippen LogP contribution >= 0.6 is 0 Å². The van der Waals surface area contributed by atoms with Crippen molar-refractivity contribution in [3.63, 3.8) is 0 Å². The highest BCUT2D eigenvalue weighted by atomic mass is 16.1. The van der Waals surface area contributed by atoms with Crippen LogP contribution in [0, 0.1) is 0 Å². The molecule has 4 heteroatoms. The largest absolute Gasteiger partial charge is 0.366 e. The molecule has 0 atom stereocenters. The fourth-order valence-corrected chi connectivity index (χ4v) is 1.41. The van der Waals surface area contributed by atoms with Crippen LogP contribution in [0.3, 0.4) is 0 Å². The molecule has 1 amide bonds. The molecule has 1 aromatic carbocycles. The molecule has 0 unspecified atom stereocenters. The van der Waals surface area contributed by atoms with E-state index in [9.17, 15) is 9.59 Å². The zero-order valence-electron chi connectivity index (χ0n) is 7.31. The number of nitrogens with zero attached hydrogens (tertiary/aromatic N) is 1. The predicted octanol–water partition coefficient (Wildman–Crippen LogP) is 0.778. The fraction of sp³-hybridized carbons (Fsp3) is 0. The van der Waals surface area contributed by atoms with Gasteiger partial charge >= 0.3 is 0 Å². The third kappa shape index (κ3) is 1.17. The van der Waals surface area contributed by atoms with Gasteiger partial charge in [0.05, 0.1) is 5.52 Å². The summed E-state index contributed by atoms with van der Waals surface area (Å²) < 4.78 is 1.44. The SMILES string of the molecule is NC(=O)c1ccc2c(ccn2C=O)c1. The number of hydrogen-bond donors (Lipinski definition) is 1. The lowest BCUT2D eigenvalue weighted by Crippen LogP contribution is -2.10. The van der Waals surface area contributed by atoms with E-state index in [-0.39, 0.29) is 0 Å². The molecular formula is C10H8N2O2. The maximum absolute atomic E-state index is 10.9. The third-order valence-corrected chi connectivity index (χ3v) is 2.12. The lowest BCUT2D eigenvalue weighted by Gasteiger charge is -1.97. The Morgan fingerprint density at radius 3 is 2.79 bits per heavy atom. The number of carbonyl (C=O) groups is 2. The molecular weight excluding hydrogens is 180 g/mol. The zero-order valence-corrected chi connectivity index (χ0v) is 7.31. The second-order valence-corrected chi connectivity index (χ2v) is 2.97. The first-order valence-electron chi connectivity index (χ1n) is 4.08. The molecule has 70 valence electrons. The van der Waals surface area contributed by atoms with E-state index in [0.717, 1.165) is 10.9 Å². The minimum atomic E-state index is -0.467. The topological polar surface area (TPSA) is 65.1 Å². The molecule has 2 aromatic rings. The van der Waals surface area contributed by atoms with E-state index < -0.39 is 5.91 Å². The van der Waals surface area contributed by atoms with E-state index in [0.29, 0.717) is 12.0 Å². The predicted molar refractivity (Wildman–Crippen MR) is 52.6 cm³/mol. The Balaban J connectivity index is 2.68. The summed E-state index contributed by atoms with van der Waals surface area (Å²) in [5.74, 6) is -0.467. The number of hydrogen-bond acceptors (Lipinski definition) is 2. The van der Waals surface area contributed by atoms with Gasteiger partial charge in [-0.05, 0) is 24.3 Å². The minimum Gasteiger partial charge on any atom is -0.366 e. The summed E-state index contributed by atoms with van der Waals surface area (Å²) in [7, 11) is 0. The molecule has 14 heavy (non-hydrogen) atoms. The van der Waals surface area contributed by atoms with E-state index in [1.807, 2.05) is 0 Å². The molecule has 0 saturated carbocycles. The Bertz CT molecular complexity index is 514. The maximum atomic E-state index is 10.9. The van der Waals surface area contributed by atoms with Crippen molar-refractivity contribution in [3.05, 3.63) is 36.0 Å². The molecule has 4 nitrogen and oxygen atoms in total. The maximum Gasteiger partial charge on any atom is 0.248 e. The van der Waals surface area contributed by atoms with Crippen LogP contribution in [0.4, 0.5) is 0 Å². The highest BCUT2D eigenvalue weighted by Crippen LogP contribution is 2.16. The lowest BCUT2D eigenvalue weighted by molar-refractivity contribution is 0.100. The van der Waals surface area contributed by atoms with Crippen molar-refractivity contribution >= 4 is 23.2 Å². The third-order valence-electron chi connectivity index (χ3n) is 2.12. The van der Waals surface area contributed by atoms with E-state index in [1.54, 1.807) is 30.5 Å². The average molecular weight is 188 g/mol. The fourth-order valence-electron chi connectivity index (χ4n) is 1.41. The zero-order chi connectivity index (χ0) is 10.1. The number of aromatic nitrogens is 1. The van der Waals surface area contributed by atoms with Crippen molar-refractivity contribution in [2.75, 3.05) is 0 Å². The molecule has 1 aromatic heterocycles. The van der Waals surface area contributed by atoms with Crippen LogP contribution in [0.5, 0.6) is 0 Å². The molecule has 0 saturated heterocycles. The van der Waals surface area contributed by atoms with E-state index >= 15 is 0 Å². The van der Waals surface area contributed by atoms with Gasteiger partial charge in [-0.15, -0.1) is 0 Å². The van der Waals surface area contributed by atoms with Gasteiger partial charge in [-0.1, -0.05) is 0 Å². The van der Waals surface area contributed by atoms with Crippen molar-refractivity contribution in [1.82, 2.24) is 4.57 Å². The summed E-state index contributed by atoms with van der Waals surface area (Å²) in [6.45, 7) is 0. The van der Waals surface area contributed by atoms with Gasteiger partial charge in [0.15, 0.2) is 0 Å². The van der Waals surface area contributed by atoms with Gasteiger partial charge in [0.1, 0.15) is 0 Å². The van der Waals surface area contributed by atoms with Crippen LogP contribution in [0.15, 0.2) is 30.5 Å². The number of carbonyl (C=O) groups excluding carboxylic acids is 2. The molecule has 0 radical (unpaired) electrons. The summed E-state index contributed by atoms with van der Waals surface area (Å²) in [6.07, 6.45) is 2.36. The van der Waals surface area contributed by atoms with Crippen molar-refractivity contribution in [1.29, 1.82) is 0 Å². The highest BCUT2D eigenvalue weighted by Gasteiger charge is 2.04. The van der Waals surface area contributed by atoms with Crippen molar-refractivity contribution in [2.45, 2.75) is 0 Å². The molecule has 0 fully saturated rings. The van der Waals surface area contributed by atoms with Crippen molar-refractivity contribution < 1.29 is 9.59 Å². The molecule has 0 bridgehead atoms. The summed E-state index contributed by atoms with van der Waals surface area (Å²) >= 11 is 0. The second kappa shape index (κ2) is 2.99. The van der Waals surface area contributed by atoms with E-state index in [2.05, 4.69) is 0 Å². The Morgan fingerprint density at radius 1 is 1.36 bits per heavy atom. The molecule has 1 heterocycles. The first-order valence-corrected chi connectivity index (χ1v) is 4.08. The van der Waals surface area contributed by atoms with Crippen LogP contribution in [-0.2, 0) is 4.79 Å². The Hall–Kier alpha value is -2.10. The van der Waals surface area contributed by atoms with Gasteiger partial charge < -0.3 is 5.73 Å². The van der Waals surface area contributed by atoms with Crippen LogP contribution < -0.4 is 5.73 Å². The quantitative estimate of drug-likeness (QED) is 0.707. The van der Waals surface area contributed by atoms with Gasteiger partial charge in [-0.2, -0.15) is 0 Å². The Kier molecular flexibility index (Phi) is 1.81. The number of primary amides is 1. The van der Waals surface area contributed by atoms with E-state index in [4.69, 9.17) is 5.73 Å². The molecule has 0 aliphatic rings. The van der Waals surface area contributed by atoms with Gasteiger partial charge in [0.2, 0.25) is 12.3 Å². The standard InChI is InChI=1S/C10H8N2O2/c11-10(14)8-1-2-9-7(5-8)3-4-12(9)6-13/h1-6H,(H2,11,14). The normalized spacial score (nSPS) is 10.3. The van der Waals surface area contributed by atoms with Crippen molar-refractivity contribution in [2.24, 2.45) is 5.73 Å². The van der Waals surface area contributed by atoms with Crippen LogP contribution in [0.2, 0.25) is 0 Å². The van der Waals surface area contributed by atoms with Gasteiger partial charge in [-0.3, -0.25) is 14.2 Å². The van der Waals surface area contributed by atoms with E-state index in [1.165, 1.54) is 4.57 Å². The monoisotopic (exact) mass is 188 g/mol. The first kappa shape index (κ1) is 8.50. The molecule has 2 N–H and O–H groups in total. The number of fused-ring (bicyclic) bond motifs is 1. The second-order valence-electron chi connectivity index (χ2n) is 2.97. The minimum absolute atomic E-state index is 0.446. The van der Waals surface area contributed by atoms with Crippen LogP contribution in [0.1, 0.15) is 10.4 Å². The average Bonchev–Trinajstić information content (AvgIpc) is 2.59. The Labute approximate surface area is 79.9 Å². The van der Waals surface area contributed by atoms with Gasteiger partial charge in [0.25, 0.3) is 0 Å². The summed E-state index contributed by atoms with van der Waals surface area (Å²) in [5, 5.41) is 0.827. The van der Waals surface area contributed by atoms with Crippen molar-refractivity contribution in [3.8, 4) is 0 Å².